The van der Waals surface area contributed by atoms with Crippen LogP contribution in [-0.4, -0.2) is 62.8 Å². The van der Waals surface area contributed by atoms with Crippen LogP contribution >= 0.6 is 0 Å². The lowest BCUT2D eigenvalue weighted by Crippen LogP contribution is -2.13. The monoisotopic (exact) mass is 531 g/mol. The summed E-state index contributed by atoms with van der Waals surface area (Å²) in [5.41, 5.74) is 3.91. The molecule has 9 nitrogen and oxygen atoms in total. The van der Waals surface area contributed by atoms with Gasteiger partial charge in [-0.2, -0.15) is 0 Å². The molecule has 3 aromatic carbocycles. The standard InChI is InChI=1S/C30H33N3O6/c1-22-5-7-23(8-6-22)20-39-25-4-2-3-24(17-25)33-30-26-18-28-29(19-27(26)31-21-32-30)38-16-14-36-12-10-34-9-11-35-13-15-37-28/h2-8,17-19,21H,9-16,20H2,1H3,(H,31,32,33). The summed E-state index contributed by atoms with van der Waals surface area (Å²) in [5.74, 6) is 2.59. The van der Waals surface area contributed by atoms with Crippen LogP contribution in [0.2, 0.25) is 0 Å². The maximum Gasteiger partial charge on any atom is 0.163 e. The molecular weight excluding hydrogens is 498 g/mol. The lowest BCUT2D eigenvalue weighted by molar-refractivity contribution is 0.00708. The zero-order chi connectivity index (χ0) is 26.7. The van der Waals surface area contributed by atoms with E-state index in [1.54, 1.807) is 0 Å². The highest BCUT2D eigenvalue weighted by atomic mass is 16.6. The number of hydrogen-bond acceptors (Lipinski definition) is 9. The van der Waals surface area contributed by atoms with E-state index in [1.807, 2.05) is 36.4 Å². The second-order valence-electron chi connectivity index (χ2n) is 9.00. The van der Waals surface area contributed by atoms with Crippen molar-refractivity contribution in [3.05, 3.63) is 78.1 Å². The van der Waals surface area contributed by atoms with Crippen molar-refractivity contribution in [3.63, 3.8) is 0 Å². The summed E-state index contributed by atoms with van der Waals surface area (Å²) in [4.78, 5) is 8.96. The Morgan fingerprint density at radius 2 is 1.41 bits per heavy atom. The van der Waals surface area contributed by atoms with Gasteiger partial charge in [0.05, 0.1) is 45.2 Å². The van der Waals surface area contributed by atoms with E-state index in [4.69, 9.17) is 28.4 Å². The number of hydrogen-bond donors (Lipinski definition) is 1. The van der Waals surface area contributed by atoms with Crippen molar-refractivity contribution in [2.45, 2.75) is 13.5 Å². The van der Waals surface area contributed by atoms with Gasteiger partial charge in [0.15, 0.2) is 11.5 Å². The topological polar surface area (TPSA) is 93.2 Å². The first-order valence-electron chi connectivity index (χ1n) is 13.1. The highest BCUT2D eigenvalue weighted by Gasteiger charge is 2.13. The highest BCUT2D eigenvalue weighted by molar-refractivity contribution is 5.93. The van der Waals surface area contributed by atoms with Gasteiger partial charge in [0.1, 0.15) is 37.7 Å². The summed E-state index contributed by atoms with van der Waals surface area (Å²) in [6.45, 7) is 6.23. The van der Waals surface area contributed by atoms with E-state index in [0.29, 0.717) is 76.8 Å². The van der Waals surface area contributed by atoms with Gasteiger partial charge in [0.2, 0.25) is 0 Å². The van der Waals surface area contributed by atoms with Gasteiger partial charge in [-0.25, -0.2) is 9.97 Å². The molecule has 204 valence electrons. The number of benzene rings is 3. The van der Waals surface area contributed by atoms with Gasteiger partial charge in [-0.3, -0.25) is 0 Å². The first-order valence-corrected chi connectivity index (χ1v) is 13.1. The van der Waals surface area contributed by atoms with E-state index >= 15 is 0 Å². The summed E-state index contributed by atoms with van der Waals surface area (Å²) >= 11 is 0. The molecule has 0 unspecified atom stereocenters. The van der Waals surface area contributed by atoms with Crippen LogP contribution in [0.5, 0.6) is 17.2 Å². The summed E-state index contributed by atoms with van der Waals surface area (Å²) in [5, 5.41) is 4.20. The minimum Gasteiger partial charge on any atom is -0.489 e. The number of rotatable bonds is 5. The Bertz CT molecular complexity index is 1350. The SMILES string of the molecule is Cc1ccc(COc2cccc(Nc3ncnc4cc5c(cc34)OCCOCCOCCOCCO5)c2)cc1. The van der Waals surface area contributed by atoms with E-state index in [9.17, 15) is 0 Å². The molecule has 0 bridgehead atoms. The number of anilines is 2. The van der Waals surface area contributed by atoms with Crippen LogP contribution < -0.4 is 19.5 Å². The summed E-state index contributed by atoms with van der Waals surface area (Å²) < 4.78 is 34.7. The highest BCUT2D eigenvalue weighted by Crippen LogP contribution is 2.35. The van der Waals surface area contributed by atoms with Gasteiger partial charge in [-0.1, -0.05) is 35.9 Å². The molecule has 0 aliphatic carbocycles. The van der Waals surface area contributed by atoms with Crippen LogP contribution in [0.4, 0.5) is 11.5 Å². The van der Waals surface area contributed by atoms with Crippen molar-refractivity contribution < 1.29 is 28.4 Å². The molecule has 0 amide bonds. The Morgan fingerprint density at radius 3 is 2.13 bits per heavy atom. The minimum absolute atomic E-state index is 0.370. The van der Waals surface area contributed by atoms with E-state index in [0.717, 1.165) is 27.9 Å². The smallest absolute Gasteiger partial charge is 0.163 e. The van der Waals surface area contributed by atoms with E-state index in [-0.39, 0.29) is 0 Å². The largest absolute Gasteiger partial charge is 0.489 e. The number of nitrogens with zero attached hydrogens (tertiary/aromatic N) is 2. The van der Waals surface area contributed by atoms with Crippen molar-refractivity contribution in [1.82, 2.24) is 9.97 Å². The third-order valence-electron chi connectivity index (χ3n) is 6.04. The second kappa shape index (κ2) is 13.7. The number of fused-ring (bicyclic) bond motifs is 2. The van der Waals surface area contributed by atoms with Crippen LogP contribution in [-0.2, 0) is 20.8 Å². The van der Waals surface area contributed by atoms with Crippen LogP contribution in [0, 0.1) is 6.92 Å². The van der Waals surface area contributed by atoms with E-state index < -0.39 is 0 Å². The predicted molar refractivity (Wildman–Crippen MR) is 148 cm³/mol. The van der Waals surface area contributed by atoms with E-state index in [2.05, 4.69) is 46.5 Å². The molecule has 9 heteroatoms. The third kappa shape index (κ3) is 7.79. The van der Waals surface area contributed by atoms with Gasteiger partial charge >= 0.3 is 0 Å². The molecule has 0 spiro atoms. The molecule has 5 rings (SSSR count). The first-order chi connectivity index (χ1) is 19.2. The average Bonchev–Trinajstić information content (AvgIpc) is 2.96. The van der Waals surface area contributed by atoms with Crippen molar-refractivity contribution in [3.8, 4) is 17.2 Å². The molecule has 0 radical (unpaired) electrons. The summed E-state index contributed by atoms with van der Waals surface area (Å²) in [6.07, 6.45) is 1.53. The maximum atomic E-state index is 6.04. The predicted octanol–water partition coefficient (Wildman–Crippen LogP) is 5.08. The average molecular weight is 532 g/mol. The molecule has 1 N–H and O–H groups in total. The fourth-order valence-electron chi connectivity index (χ4n) is 4.00. The van der Waals surface area contributed by atoms with Crippen LogP contribution in [0.1, 0.15) is 11.1 Å². The molecule has 0 saturated carbocycles. The Hall–Kier alpha value is -3.92. The van der Waals surface area contributed by atoms with Crippen molar-refractivity contribution >= 4 is 22.4 Å². The van der Waals surface area contributed by atoms with Gasteiger partial charge in [-0.15, -0.1) is 0 Å². The number of aromatic nitrogens is 2. The molecule has 1 aromatic heterocycles. The molecule has 2 heterocycles. The summed E-state index contributed by atoms with van der Waals surface area (Å²) in [6, 6.07) is 19.9. The minimum atomic E-state index is 0.370. The molecule has 39 heavy (non-hydrogen) atoms. The third-order valence-corrected chi connectivity index (χ3v) is 6.04. The second-order valence-corrected chi connectivity index (χ2v) is 9.00. The molecule has 0 saturated heterocycles. The number of aryl methyl sites for hydroxylation is 1. The zero-order valence-electron chi connectivity index (χ0n) is 22.1. The number of ether oxygens (including phenoxy) is 6. The molecule has 0 fully saturated rings. The van der Waals surface area contributed by atoms with Gasteiger partial charge in [-0.05, 0) is 30.7 Å². The first kappa shape index (κ1) is 26.7. The van der Waals surface area contributed by atoms with Crippen LogP contribution in [0.25, 0.3) is 10.9 Å². The van der Waals surface area contributed by atoms with Crippen molar-refractivity contribution in [1.29, 1.82) is 0 Å². The number of nitrogens with one attached hydrogen (secondary N) is 1. The Kier molecular flexibility index (Phi) is 9.41. The van der Waals surface area contributed by atoms with Gasteiger partial charge in [0.25, 0.3) is 0 Å². The fraction of sp³-hybridized carbons (Fsp3) is 0.333. The van der Waals surface area contributed by atoms with Gasteiger partial charge in [0, 0.05) is 23.2 Å². The van der Waals surface area contributed by atoms with Crippen LogP contribution in [0.15, 0.2) is 67.0 Å². The Labute approximate surface area is 228 Å². The van der Waals surface area contributed by atoms with Crippen molar-refractivity contribution in [2.24, 2.45) is 0 Å². The quantitative estimate of drug-likeness (QED) is 0.378. The molecule has 4 aromatic rings. The maximum absolute atomic E-state index is 6.04. The molecule has 1 aliphatic heterocycles. The van der Waals surface area contributed by atoms with Crippen LogP contribution in [0.3, 0.4) is 0 Å². The Balaban J connectivity index is 1.33. The molecule has 0 atom stereocenters. The molecule has 1 aliphatic rings. The molecular formula is C30H33N3O6. The van der Waals surface area contributed by atoms with Gasteiger partial charge < -0.3 is 33.7 Å². The lowest BCUT2D eigenvalue weighted by Gasteiger charge is -2.15. The fourth-order valence-corrected chi connectivity index (χ4v) is 4.00. The lowest BCUT2D eigenvalue weighted by atomic mass is 10.2. The zero-order valence-corrected chi connectivity index (χ0v) is 22.1. The summed E-state index contributed by atoms with van der Waals surface area (Å²) in [7, 11) is 0. The normalized spacial score (nSPS) is 15.2. The van der Waals surface area contributed by atoms with Crippen molar-refractivity contribution in [2.75, 3.05) is 58.2 Å². The Morgan fingerprint density at radius 1 is 0.744 bits per heavy atom. The van der Waals surface area contributed by atoms with E-state index in [1.165, 1.54) is 11.9 Å².